The third kappa shape index (κ3) is 9.24. The molecule has 0 atom stereocenters. The molecule has 0 saturated carbocycles. The summed E-state index contributed by atoms with van der Waals surface area (Å²) in [5.41, 5.74) is 7.66. The van der Waals surface area contributed by atoms with E-state index >= 15 is 0 Å². The number of hydrogen-bond acceptors (Lipinski definition) is 9. The third-order valence-corrected chi connectivity index (χ3v) is 7.70. The van der Waals surface area contributed by atoms with Gasteiger partial charge in [-0.25, -0.2) is 10.3 Å². The number of esters is 1. The molecule has 46 heavy (non-hydrogen) atoms. The SMILES string of the molecule is CNC(=O)CN1CCN(CCONC(=O)c2ccc(N/C(=C(\C)c3ccc(C(=O)OC)cc3NC=O)c3ccccc3)cc2)CC1. The Morgan fingerprint density at radius 3 is 2.20 bits per heavy atom. The minimum Gasteiger partial charge on any atom is -0.465 e. The highest BCUT2D eigenvalue weighted by molar-refractivity contribution is 6.01. The molecule has 242 valence electrons. The summed E-state index contributed by atoms with van der Waals surface area (Å²) in [5, 5.41) is 8.80. The molecule has 3 amide bonds. The van der Waals surface area contributed by atoms with Crippen molar-refractivity contribution in [3.8, 4) is 0 Å². The number of amides is 3. The lowest BCUT2D eigenvalue weighted by atomic mass is 9.97. The molecule has 0 aromatic heterocycles. The summed E-state index contributed by atoms with van der Waals surface area (Å²) >= 11 is 0. The average Bonchev–Trinajstić information content (AvgIpc) is 3.09. The fourth-order valence-corrected chi connectivity index (χ4v) is 5.07. The van der Waals surface area contributed by atoms with E-state index in [9.17, 15) is 19.2 Å². The molecule has 3 aromatic carbocycles. The van der Waals surface area contributed by atoms with Crippen LogP contribution < -0.4 is 21.4 Å². The minimum atomic E-state index is -0.507. The number of carbonyl (C=O) groups is 4. The number of ether oxygens (including phenoxy) is 1. The fourth-order valence-electron chi connectivity index (χ4n) is 5.07. The Bertz CT molecular complexity index is 1540. The molecule has 0 radical (unpaired) electrons. The zero-order valence-corrected chi connectivity index (χ0v) is 26.3. The van der Waals surface area contributed by atoms with Gasteiger partial charge in [-0.2, -0.15) is 0 Å². The summed E-state index contributed by atoms with van der Waals surface area (Å²) in [7, 11) is 2.94. The van der Waals surface area contributed by atoms with Gasteiger partial charge in [-0.15, -0.1) is 0 Å². The van der Waals surface area contributed by atoms with Crippen LogP contribution in [0.15, 0.2) is 72.8 Å². The molecule has 1 fully saturated rings. The Kier molecular flexibility index (Phi) is 12.4. The van der Waals surface area contributed by atoms with Gasteiger partial charge in [-0.1, -0.05) is 36.4 Å². The fraction of sp³-hybridized carbons (Fsp3) is 0.294. The number of nitrogens with one attached hydrogen (secondary N) is 4. The molecule has 4 rings (SSSR count). The van der Waals surface area contributed by atoms with Crippen molar-refractivity contribution >= 4 is 46.8 Å². The van der Waals surface area contributed by atoms with Gasteiger partial charge in [0.25, 0.3) is 5.91 Å². The quantitative estimate of drug-likeness (QED) is 0.0697. The van der Waals surface area contributed by atoms with Crippen molar-refractivity contribution in [2.24, 2.45) is 0 Å². The molecule has 0 bridgehead atoms. The van der Waals surface area contributed by atoms with Crippen molar-refractivity contribution in [3.63, 3.8) is 0 Å². The summed E-state index contributed by atoms with van der Waals surface area (Å²) in [6, 6.07) is 21.7. The number of hydroxylamine groups is 1. The maximum absolute atomic E-state index is 12.7. The van der Waals surface area contributed by atoms with Gasteiger partial charge < -0.3 is 20.7 Å². The highest BCUT2D eigenvalue weighted by Crippen LogP contribution is 2.32. The number of benzene rings is 3. The lowest BCUT2D eigenvalue weighted by molar-refractivity contribution is -0.122. The normalized spacial score (nSPS) is 14.1. The van der Waals surface area contributed by atoms with Gasteiger partial charge in [0.15, 0.2) is 0 Å². The number of anilines is 2. The van der Waals surface area contributed by atoms with E-state index < -0.39 is 5.97 Å². The third-order valence-electron chi connectivity index (χ3n) is 7.70. The van der Waals surface area contributed by atoms with E-state index in [0.29, 0.717) is 48.5 Å². The zero-order chi connectivity index (χ0) is 32.9. The predicted molar refractivity (Wildman–Crippen MR) is 177 cm³/mol. The maximum Gasteiger partial charge on any atom is 0.337 e. The second-order valence-electron chi connectivity index (χ2n) is 10.7. The van der Waals surface area contributed by atoms with E-state index in [-0.39, 0.29) is 11.8 Å². The second-order valence-corrected chi connectivity index (χ2v) is 10.7. The van der Waals surface area contributed by atoms with Crippen LogP contribution in [-0.4, -0.2) is 94.0 Å². The Morgan fingerprint density at radius 2 is 1.54 bits per heavy atom. The van der Waals surface area contributed by atoms with Gasteiger partial charge in [0.05, 0.1) is 25.8 Å². The van der Waals surface area contributed by atoms with Gasteiger partial charge in [0.2, 0.25) is 12.3 Å². The van der Waals surface area contributed by atoms with Crippen LogP contribution in [0.4, 0.5) is 11.4 Å². The Morgan fingerprint density at radius 1 is 0.870 bits per heavy atom. The number of hydrogen-bond donors (Lipinski definition) is 4. The number of nitrogens with zero attached hydrogens (tertiary/aromatic N) is 2. The molecule has 1 aliphatic heterocycles. The van der Waals surface area contributed by atoms with E-state index in [0.717, 1.165) is 48.7 Å². The van der Waals surface area contributed by atoms with E-state index in [1.807, 2.05) is 37.3 Å². The molecule has 1 heterocycles. The zero-order valence-electron chi connectivity index (χ0n) is 26.3. The first-order valence-electron chi connectivity index (χ1n) is 15.0. The van der Waals surface area contributed by atoms with E-state index in [2.05, 4.69) is 31.2 Å². The minimum absolute atomic E-state index is 0.0117. The van der Waals surface area contributed by atoms with Crippen molar-refractivity contribution < 1.29 is 28.8 Å². The number of allylic oxidation sites excluding steroid dienone is 1. The van der Waals surface area contributed by atoms with Gasteiger partial charge in [-0.05, 0) is 54.5 Å². The largest absolute Gasteiger partial charge is 0.465 e. The lowest BCUT2D eigenvalue weighted by Crippen LogP contribution is -2.50. The molecule has 12 nitrogen and oxygen atoms in total. The molecule has 4 N–H and O–H groups in total. The van der Waals surface area contributed by atoms with Crippen LogP contribution in [0.3, 0.4) is 0 Å². The number of piperazine rings is 1. The lowest BCUT2D eigenvalue weighted by Gasteiger charge is -2.33. The first-order chi connectivity index (χ1) is 22.3. The summed E-state index contributed by atoms with van der Waals surface area (Å²) in [4.78, 5) is 57.6. The first-order valence-corrected chi connectivity index (χ1v) is 15.0. The number of carbonyl (C=O) groups excluding carboxylic acids is 4. The molecule has 3 aromatic rings. The van der Waals surface area contributed by atoms with Crippen molar-refractivity contribution in [1.29, 1.82) is 0 Å². The predicted octanol–water partition coefficient (Wildman–Crippen LogP) is 3.07. The van der Waals surface area contributed by atoms with Crippen LogP contribution >= 0.6 is 0 Å². The van der Waals surface area contributed by atoms with Crippen LogP contribution in [0, 0.1) is 0 Å². The van der Waals surface area contributed by atoms with Crippen molar-refractivity contribution in [1.82, 2.24) is 20.6 Å². The maximum atomic E-state index is 12.7. The molecule has 0 unspecified atom stereocenters. The summed E-state index contributed by atoms with van der Waals surface area (Å²) in [6.07, 6.45) is 0.564. The highest BCUT2D eigenvalue weighted by Gasteiger charge is 2.19. The van der Waals surface area contributed by atoms with E-state index in [1.165, 1.54) is 7.11 Å². The number of methoxy groups -OCH3 is 1. The molecule has 1 saturated heterocycles. The topological polar surface area (TPSA) is 141 Å². The smallest absolute Gasteiger partial charge is 0.337 e. The number of likely N-dealkylation sites (N-methyl/N-ethyl adjacent to an activating group) is 1. The monoisotopic (exact) mass is 628 g/mol. The van der Waals surface area contributed by atoms with Gasteiger partial charge in [0.1, 0.15) is 0 Å². The summed E-state index contributed by atoms with van der Waals surface area (Å²) < 4.78 is 4.83. The second kappa shape index (κ2) is 16.9. The van der Waals surface area contributed by atoms with E-state index in [4.69, 9.17) is 9.57 Å². The molecule has 1 aliphatic rings. The summed E-state index contributed by atoms with van der Waals surface area (Å²) in [5.74, 6) is -0.850. The number of rotatable bonds is 14. The van der Waals surface area contributed by atoms with Crippen LogP contribution in [0.25, 0.3) is 11.3 Å². The summed E-state index contributed by atoms with van der Waals surface area (Å²) in [6.45, 7) is 6.60. The Balaban J connectivity index is 1.39. The molecule has 0 spiro atoms. The van der Waals surface area contributed by atoms with Crippen LogP contribution in [0.5, 0.6) is 0 Å². The molecule has 12 heteroatoms. The van der Waals surface area contributed by atoms with Crippen molar-refractivity contribution in [3.05, 3.63) is 95.1 Å². The first kappa shape index (κ1) is 33.8. The molecule has 0 aliphatic carbocycles. The van der Waals surface area contributed by atoms with Gasteiger partial charge >= 0.3 is 5.97 Å². The van der Waals surface area contributed by atoms with Gasteiger partial charge in [-0.3, -0.25) is 29.0 Å². The van der Waals surface area contributed by atoms with Crippen LogP contribution in [0.1, 0.15) is 38.8 Å². The molecular formula is C34H40N6O6. The standard InChI is InChI=1S/C34H40N6O6/c1-24(29-14-11-27(34(44)45-3)21-30(29)36-23-41)32(25-7-5-4-6-8-25)37-28-12-9-26(10-13-28)33(43)38-46-20-19-39-15-17-40(18-16-39)22-31(42)35-2/h4-14,21,23,37H,15-20,22H2,1-3H3,(H,35,42)(H,36,41)(H,38,43)/b32-24+. The van der Waals surface area contributed by atoms with Crippen molar-refractivity contribution in [2.45, 2.75) is 6.92 Å². The van der Waals surface area contributed by atoms with Gasteiger partial charge in [0, 0.05) is 68.0 Å². The Labute approximate surface area is 268 Å². The van der Waals surface area contributed by atoms with Crippen LogP contribution in [-0.2, 0) is 19.2 Å². The average molecular weight is 629 g/mol. The van der Waals surface area contributed by atoms with Crippen molar-refractivity contribution in [2.75, 3.05) is 70.7 Å². The Hall–Kier alpha value is -5.04. The van der Waals surface area contributed by atoms with E-state index in [1.54, 1.807) is 49.5 Å². The molecular weight excluding hydrogens is 588 g/mol. The highest BCUT2D eigenvalue weighted by atomic mass is 16.7. The van der Waals surface area contributed by atoms with Crippen LogP contribution in [0.2, 0.25) is 0 Å².